The summed E-state index contributed by atoms with van der Waals surface area (Å²) in [5.41, 5.74) is 1.13. The number of para-hydroxylation sites is 1. The van der Waals surface area contributed by atoms with Crippen molar-refractivity contribution >= 4 is 7.12 Å². The molecule has 0 aliphatic carbocycles. The number of benzene rings is 1. The second-order valence-electron chi connectivity index (χ2n) is 2.60. The van der Waals surface area contributed by atoms with Crippen LogP contribution in [0.2, 0.25) is 6.82 Å². The summed E-state index contributed by atoms with van der Waals surface area (Å²) in [5.74, 6) is 0.950. The van der Waals surface area contributed by atoms with E-state index in [1.165, 1.54) is 0 Å². The normalized spacial score (nSPS) is 15.5. The summed E-state index contributed by atoms with van der Waals surface area (Å²) in [6, 6.07) is 7.94. The first-order valence-electron chi connectivity index (χ1n) is 3.72. The summed E-state index contributed by atoms with van der Waals surface area (Å²) in [6.07, 6.45) is 0. The molecular weight excluding hydrogens is 139 g/mol. The van der Waals surface area contributed by atoms with Crippen LogP contribution in [0, 0.1) is 0 Å². The molecule has 1 heterocycles. The topological polar surface area (TPSA) is 18.5 Å². The van der Waals surface area contributed by atoms with E-state index in [4.69, 9.17) is 9.31 Å². The Morgan fingerprint density at radius 2 is 2.18 bits per heavy atom. The lowest BCUT2D eigenvalue weighted by Crippen LogP contribution is -2.26. The van der Waals surface area contributed by atoms with Gasteiger partial charge in [-0.3, -0.25) is 0 Å². The minimum atomic E-state index is -0.107. The van der Waals surface area contributed by atoms with E-state index < -0.39 is 0 Å². The Bertz CT molecular complexity index is 262. The van der Waals surface area contributed by atoms with E-state index >= 15 is 0 Å². The van der Waals surface area contributed by atoms with Gasteiger partial charge in [0.05, 0.1) is 6.61 Å². The predicted molar refractivity (Wildman–Crippen MR) is 43.5 cm³/mol. The fourth-order valence-electron chi connectivity index (χ4n) is 1.16. The van der Waals surface area contributed by atoms with E-state index in [2.05, 4.69) is 0 Å². The van der Waals surface area contributed by atoms with Crippen molar-refractivity contribution in [1.82, 2.24) is 0 Å². The van der Waals surface area contributed by atoms with Crippen LogP contribution in [0.5, 0.6) is 5.75 Å². The summed E-state index contributed by atoms with van der Waals surface area (Å²) in [5, 5.41) is 0. The van der Waals surface area contributed by atoms with Crippen LogP contribution in [0.15, 0.2) is 24.3 Å². The second kappa shape index (κ2) is 2.59. The first-order valence-corrected chi connectivity index (χ1v) is 3.72. The summed E-state index contributed by atoms with van der Waals surface area (Å²) in [4.78, 5) is 0. The third-order valence-corrected chi connectivity index (χ3v) is 1.74. The van der Waals surface area contributed by atoms with Crippen LogP contribution < -0.4 is 4.65 Å². The van der Waals surface area contributed by atoms with Crippen molar-refractivity contribution in [3.63, 3.8) is 0 Å². The van der Waals surface area contributed by atoms with E-state index in [0.717, 1.165) is 11.3 Å². The lowest BCUT2D eigenvalue weighted by Gasteiger charge is -2.20. The van der Waals surface area contributed by atoms with Gasteiger partial charge in [0.25, 0.3) is 0 Å². The minimum Gasteiger partial charge on any atom is -0.536 e. The van der Waals surface area contributed by atoms with Gasteiger partial charge in [0.1, 0.15) is 5.75 Å². The molecule has 0 saturated carbocycles. The molecule has 0 atom stereocenters. The Balaban J connectivity index is 2.34. The average molecular weight is 148 g/mol. The second-order valence-corrected chi connectivity index (χ2v) is 2.60. The molecule has 3 heteroatoms. The van der Waals surface area contributed by atoms with Crippen molar-refractivity contribution in [3.8, 4) is 5.75 Å². The maximum absolute atomic E-state index is 5.41. The molecule has 1 aromatic rings. The van der Waals surface area contributed by atoms with Crippen LogP contribution in [0.3, 0.4) is 0 Å². The predicted octanol–water partition coefficient (Wildman–Crippen LogP) is 1.71. The van der Waals surface area contributed by atoms with Crippen LogP contribution in [0.4, 0.5) is 0 Å². The molecule has 1 aliphatic heterocycles. The quantitative estimate of drug-likeness (QED) is 0.521. The van der Waals surface area contributed by atoms with Crippen LogP contribution in [0.25, 0.3) is 0 Å². The standard InChI is InChI=1S/C8H9BO2/c1-9-10-6-7-4-2-3-5-8(7)11-9/h2-5H,6H2,1H3. The molecular formula is C8H9BO2. The number of hydrogen-bond acceptors (Lipinski definition) is 2. The Kier molecular flexibility index (Phi) is 1.58. The Morgan fingerprint density at radius 3 is 3.09 bits per heavy atom. The van der Waals surface area contributed by atoms with E-state index in [1.54, 1.807) is 0 Å². The molecule has 0 aromatic heterocycles. The molecule has 0 unspecified atom stereocenters. The highest BCUT2D eigenvalue weighted by Gasteiger charge is 2.20. The fraction of sp³-hybridized carbons (Fsp3) is 0.250. The lowest BCUT2D eigenvalue weighted by molar-refractivity contribution is 0.233. The van der Waals surface area contributed by atoms with Gasteiger partial charge in [0.2, 0.25) is 0 Å². The van der Waals surface area contributed by atoms with E-state index in [-0.39, 0.29) is 7.12 Å². The minimum absolute atomic E-state index is 0.107. The van der Waals surface area contributed by atoms with Crippen LogP contribution in [-0.2, 0) is 11.3 Å². The molecule has 2 rings (SSSR count). The Hall–Kier alpha value is -0.955. The van der Waals surface area contributed by atoms with Gasteiger partial charge in [-0.1, -0.05) is 18.2 Å². The maximum atomic E-state index is 5.41. The molecule has 11 heavy (non-hydrogen) atoms. The molecule has 0 fully saturated rings. The molecule has 2 nitrogen and oxygen atoms in total. The molecule has 0 amide bonds. The van der Waals surface area contributed by atoms with Gasteiger partial charge in [-0.15, -0.1) is 0 Å². The Morgan fingerprint density at radius 1 is 1.36 bits per heavy atom. The molecule has 1 aliphatic rings. The van der Waals surface area contributed by atoms with Gasteiger partial charge in [0, 0.05) is 5.56 Å². The van der Waals surface area contributed by atoms with Crippen LogP contribution in [0.1, 0.15) is 5.56 Å². The number of rotatable bonds is 0. The van der Waals surface area contributed by atoms with Gasteiger partial charge in [-0.05, 0) is 12.9 Å². The summed E-state index contributed by atoms with van der Waals surface area (Å²) in [7, 11) is -0.107. The first-order chi connectivity index (χ1) is 5.36. The van der Waals surface area contributed by atoms with Gasteiger partial charge < -0.3 is 9.31 Å². The molecule has 0 bridgehead atoms. The molecule has 56 valence electrons. The smallest absolute Gasteiger partial charge is 0.522 e. The third kappa shape index (κ3) is 1.24. The molecule has 1 aromatic carbocycles. The molecule has 0 radical (unpaired) electrons. The zero-order valence-corrected chi connectivity index (χ0v) is 6.41. The van der Waals surface area contributed by atoms with Crippen molar-refractivity contribution in [3.05, 3.63) is 29.8 Å². The lowest BCUT2D eigenvalue weighted by atomic mass is 9.93. The largest absolute Gasteiger partial charge is 0.536 e. The van der Waals surface area contributed by atoms with E-state index in [9.17, 15) is 0 Å². The average Bonchev–Trinajstić information content (AvgIpc) is 2.04. The maximum Gasteiger partial charge on any atom is 0.522 e. The SMILES string of the molecule is CB1OCc2ccccc2O1. The van der Waals surface area contributed by atoms with E-state index in [0.29, 0.717) is 6.61 Å². The van der Waals surface area contributed by atoms with Crippen molar-refractivity contribution in [2.45, 2.75) is 13.4 Å². The van der Waals surface area contributed by atoms with Crippen LogP contribution >= 0.6 is 0 Å². The van der Waals surface area contributed by atoms with Crippen molar-refractivity contribution in [1.29, 1.82) is 0 Å². The zero-order chi connectivity index (χ0) is 7.68. The number of fused-ring (bicyclic) bond motifs is 1. The first kappa shape index (κ1) is 6.74. The Labute approximate surface area is 66.3 Å². The summed E-state index contributed by atoms with van der Waals surface area (Å²) < 4.78 is 10.7. The van der Waals surface area contributed by atoms with Gasteiger partial charge in [-0.25, -0.2) is 0 Å². The summed E-state index contributed by atoms with van der Waals surface area (Å²) >= 11 is 0. The molecule has 0 N–H and O–H groups in total. The van der Waals surface area contributed by atoms with Crippen molar-refractivity contribution < 1.29 is 9.31 Å². The highest BCUT2D eigenvalue weighted by Crippen LogP contribution is 2.23. The molecule has 0 spiro atoms. The van der Waals surface area contributed by atoms with E-state index in [1.807, 2.05) is 31.1 Å². The highest BCUT2D eigenvalue weighted by molar-refractivity contribution is 6.43. The summed E-state index contributed by atoms with van der Waals surface area (Å²) in [6.45, 7) is 2.56. The van der Waals surface area contributed by atoms with Crippen molar-refractivity contribution in [2.75, 3.05) is 0 Å². The zero-order valence-electron chi connectivity index (χ0n) is 6.41. The highest BCUT2D eigenvalue weighted by atomic mass is 16.6. The fourth-order valence-corrected chi connectivity index (χ4v) is 1.16. The third-order valence-electron chi connectivity index (χ3n) is 1.74. The van der Waals surface area contributed by atoms with Gasteiger partial charge in [0.15, 0.2) is 0 Å². The van der Waals surface area contributed by atoms with Crippen LogP contribution in [-0.4, -0.2) is 7.12 Å². The molecule has 0 saturated heterocycles. The monoisotopic (exact) mass is 148 g/mol. The van der Waals surface area contributed by atoms with Crippen molar-refractivity contribution in [2.24, 2.45) is 0 Å². The number of hydrogen-bond donors (Lipinski definition) is 0. The van der Waals surface area contributed by atoms with Gasteiger partial charge in [-0.2, -0.15) is 0 Å². The van der Waals surface area contributed by atoms with Gasteiger partial charge >= 0.3 is 7.12 Å².